The third kappa shape index (κ3) is 4.19. The summed E-state index contributed by atoms with van der Waals surface area (Å²) < 4.78 is 12.8. The van der Waals surface area contributed by atoms with Crippen molar-refractivity contribution in [3.05, 3.63) is 58.5 Å². The fourth-order valence-electron chi connectivity index (χ4n) is 2.65. The zero-order chi connectivity index (χ0) is 17.8. The molecule has 3 rings (SSSR count). The molecule has 0 radical (unpaired) electrons. The second-order valence-electron chi connectivity index (χ2n) is 5.67. The van der Waals surface area contributed by atoms with Gasteiger partial charge in [-0.15, -0.1) is 0 Å². The van der Waals surface area contributed by atoms with Crippen molar-refractivity contribution >= 4 is 23.2 Å². The summed E-state index contributed by atoms with van der Waals surface area (Å²) in [7, 11) is 0. The molecule has 2 aromatic rings. The van der Waals surface area contributed by atoms with Crippen LogP contribution in [-0.2, 0) is 0 Å². The van der Waals surface area contributed by atoms with E-state index in [-0.39, 0.29) is 23.6 Å². The van der Waals surface area contributed by atoms with Crippen molar-refractivity contribution in [2.45, 2.75) is 12.5 Å². The number of amides is 2. The van der Waals surface area contributed by atoms with Gasteiger partial charge in [0.05, 0.1) is 4.92 Å². The van der Waals surface area contributed by atoms with Crippen LogP contribution < -0.4 is 15.5 Å². The lowest BCUT2D eigenvalue weighted by molar-refractivity contribution is -0.385. The van der Waals surface area contributed by atoms with Gasteiger partial charge < -0.3 is 15.5 Å². The molecule has 1 atom stereocenters. The average molecular weight is 345 g/mol. The molecular formula is C16H16FN5O3. The van der Waals surface area contributed by atoms with E-state index in [1.807, 2.05) is 4.90 Å². The number of aromatic nitrogens is 1. The first-order valence-electron chi connectivity index (χ1n) is 7.70. The summed E-state index contributed by atoms with van der Waals surface area (Å²) >= 11 is 0. The van der Waals surface area contributed by atoms with Crippen LogP contribution in [0.2, 0.25) is 0 Å². The van der Waals surface area contributed by atoms with E-state index in [2.05, 4.69) is 15.6 Å². The van der Waals surface area contributed by atoms with Crippen LogP contribution >= 0.6 is 0 Å². The van der Waals surface area contributed by atoms with Crippen molar-refractivity contribution in [1.29, 1.82) is 0 Å². The number of nitrogens with one attached hydrogen (secondary N) is 2. The lowest BCUT2D eigenvalue weighted by Gasteiger charge is -2.18. The van der Waals surface area contributed by atoms with Crippen LogP contribution in [0.1, 0.15) is 6.42 Å². The third-order valence-corrected chi connectivity index (χ3v) is 3.89. The predicted molar refractivity (Wildman–Crippen MR) is 90.1 cm³/mol. The smallest absolute Gasteiger partial charge is 0.319 e. The maximum Gasteiger partial charge on any atom is 0.319 e. The van der Waals surface area contributed by atoms with Gasteiger partial charge in [-0.3, -0.25) is 10.1 Å². The number of carbonyl (C=O) groups excluding carboxylic acids is 1. The quantitative estimate of drug-likeness (QED) is 0.655. The summed E-state index contributed by atoms with van der Waals surface area (Å²) in [6, 6.07) is 8.07. The number of benzene rings is 1. The lowest BCUT2D eigenvalue weighted by atomic mass is 10.3. The topological polar surface area (TPSA) is 100 Å². The van der Waals surface area contributed by atoms with Crippen molar-refractivity contribution < 1.29 is 14.1 Å². The number of hydrogen-bond acceptors (Lipinski definition) is 5. The first-order valence-corrected chi connectivity index (χ1v) is 7.70. The van der Waals surface area contributed by atoms with E-state index in [9.17, 15) is 19.3 Å². The molecule has 2 N–H and O–H groups in total. The highest BCUT2D eigenvalue weighted by atomic mass is 19.1. The Morgan fingerprint density at radius 2 is 2.04 bits per heavy atom. The van der Waals surface area contributed by atoms with Crippen LogP contribution in [0.4, 0.5) is 26.4 Å². The number of halogens is 1. The van der Waals surface area contributed by atoms with E-state index in [4.69, 9.17) is 0 Å². The van der Waals surface area contributed by atoms with Crippen LogP contribution in [0, 0.1) is 15.9 Å². The van der Waals surface area contributed by atoms with E-state index in [0.29, 0.717) is 24.6 Å². The second kappa shape index (κ2) is 7.12. The molecule has 130 valence electrons. The van der Waals surface area contributed by atoms with Crippen LogP contribution in [0.25, 0.3) is 0 Å². The van der Waals surface area contributed by atoms with Crippen molar-refractivity contribution in [2.24, 2.45) is 0 Å². The van der Waals surface area contributed by atoms with Gasteiger partial charge in [-0.05, 0) is 36.8 Å². The molecule has 0 bridgehead atoms. The van der Waals surface area contributed by atoms with Gasteiger partial charge in [-0.25, -0.2) is 14.2 Å². The number of nitrogens with zero attached hydrogens (tertiary/aromatic N) is 3. The Morgan fingerprint density at radius 3 is 2.68 bits per heavy atom. The zero-order valence-corrected chi connectivity index (χ0v) is 13.2. The van der Waals surface area contributed by atoms with E-state index >= 15 is 0 Å². The van der Waals surface area contributed by atoms with E-state index in [0.717, 1.165) is 6.42 Å². The fourth-order valence-corrected chi connectivity index (χ4v) is 2.65. The summed E-state index contributed by atoms with van der Waals surface area (Å²) in [5.74, 6) is 0.266. The number of carbonyl (C=O) groups is 1. The molecule has 1 aliphatic heterocycles. The lowest BCUT2D eigenvalue weighted by Crippen LogP contribution is -2.39. The molecule has 1 aromatic heterocycles. The van der Waals surface area contributed by atoms with Gasteiger partial charge in [0, 0.05) is 30.9 Å². The van der Waals surface area contributed by atoms with E-state index in [1.165, 1.54) is 36.5 Å². The summed E-state index contributed by atoms with van der Waals surface area (Å²) in [4.78, 5) is 28.2. The number of pyridine rings is 1. The van der Waals surface area contributed by atoms with Gasteiger partial charge in [0.1, 0.15) is 17.8 Å². The Labute approximate surface area is 142 Å². The van der Waals surface area contributed by atoms with E-state index in [1.54, 1.807) is 6.07 Å². The number of rotatable bonds is 4. The predicted octanol–water partition coefficient (Wildman–Crippen LogP) is 2.53. The average Bonchev–Trinajstić information content (AvgIpc) is 3.05. The van der Waals surface area contributed by atoms with Crippen molar-refractivity contribution in [1.82, 2.24) is 10.3 Å². The Bertz CT molecular complexity index is 766. The van der Waals surface area contributed by atoms with Gasteiger partial charge in [-0.2, -0.15) is 0 Å². The standard InChI is InChI=1S/C16H16FN5O3/c17-11-1-3-12(4-2-11)19-16(23)20-13-7-8-21(10-13)15-6-5-14(9-18-15)22(24)25/h1-6,9,13H,7-8,10H2,(H2,19,20,23). The molecule has 8 nitrogen and oxygen atoms in total. The first kappa shape index (κ1) is 16.6. The molecule has 1 fully saturated rings. The van der Waals surface area contributed by atoms with Crippen molar-refractivity contribution in [3.8, 4) is 0 Å². The highest BCUT2D eigenvalue weighted by Gasteiger charge is 2.25. The van der Waals surface area contributed by atoms with E-state index < -0.39 is 4.92 Å². The van der Waals surface area contributed by atoms with Crippen molar-refractivity contribution in [2.75, 3.05) is 23.3 Å². The Kier molecular flexibility index (Phi) is 4.73. The molecule has 2 heterocycles. The summed E-state index contributed by atoms with van der Waals surface area (Å²) in [6.45, 7) is 1.24. The molecule has 25 heavy (non-hydrogen) atoms. The molecule has 0 aliphatic carbocycles. The maximum absolute atomic E-state index is 12.8. The molecule has 1 aliphatic rings. The third-order valence-electron chi connectivity index (χ3n) is 3.89. The fraction of sp³-hybridized carbons (Fsp3) is 0.250. The Hall–Kier alpha value is -3.23. The van der Waals surface area contributed by atoms with Gasteiger partial charge >= 0.3 is 6.03 Å². The number of anilines is 2. The second-order valence-corrected chi connectivity index (χ2v) is 5.67. The molecular weight excluding hydrogens is 329 g/mol. The van der Waals surface area contributed by atoms with Crippen molar-refractivity contribution in [3.63, 3.8) is 0 Å². The van der Waals surface area contributed by atoms with Crippen LogP contribution in [0.3, 0.4) is 0 Å². The summed E-state index contributed by atoms with van der Waals surface area (Å²) in [5, 5.41) is 16.1. The first-order chi connectivity index (χ1) is 12.0. The Morgan fingerprint density at radius 1 is 1.28 bits per heavy atom. The summed E-state index contributed by atoms with van der Waals surface area (Å²) in [5.41, 5.74) is 0.446. The largest absolute Gasteiger partial charge is 0.354 e. The van der Waals surface area contributed by atoms with Gasteiger partial charge in [0.25, 0.3) is 5.69 Å². The SMILES string of the molecule is O=C(Nc1ccc(F)cc1)NC1CCN(c2ccc([N+](=O)[O-])cn2)C1. The highest BCUT2D eigenvalue weighted by Crippen LogP contribution is 2.20. The molecule has 1 unspecified atom stereocenters. The molecule has 1 aromatic carbocycles. The maximum atomic E-state index is 12.8. The molecule has 9 heteroatoms. The molecule has 0 spiro atoms. The molecule has 0 saturated carbocycles. The normalized spacial score (nSPS) is 16.5. The van der Waals surface area contributed by atoms with Gasteiger partial charge in [0.15, 0.2) is 0 Å². The number of nitro groups is 1. The Balaban J connectivity index is 1.53. The number of hydrogen-bond donors (Lipinski definition) is 2. The molecule has 1 saturated heterocycles. The summed E-state index contributed by atoms with van der Waals surface area (Å²) in [6.07, 6.45) is 1.95. The number of urea groups is 1. The monoisotopic (exact) mass is 345 g/mol. The van der Waals surface area contributed by atoms with Crippen LogP contribution in [-0.4, -0.2) is 35.1 Å². The zero-order valence-electron chi connectivity index (χ0n) is 13.2. The minimum atomic E-state index is -0.495. The van der Waals surface area contributed by atoms with Gasteiger partial charge in [0.2, 0.25) is 0 Å². The van der Waals surface area contributed by atoms with Crippen LogP contribution in [0.15, 0.2) is 42.6 Å². The van der Waals surface area contributed by atoms with Crippen LogP contribution in [0.5, 0.6) is 0 Å². The van der Waals surface area contributed by atoms with Gasteiger partial charge in [-0.1, -0.05) is 0 Å². The minimum Gasteiger partial charge on any atom is -0.354 e. The minimum absolute atomic E-state index is 0.0590. The highest BCUT2D eigenvalue weighted by molar-refractivity contribution is 5.89. The molecule has 2 amide bonds.